The van der Waals surface area contributed by atoms with Crippen LogP contribution in [0.3, 0.4) is 0 Å². The van der Waals surface area contributed by atoms with E-state index in [9.17, 15) is 9.90 Å². The van der Waals surface area contributed by atoms with Crippen LogP contribution in [-0.4, -0.2) is 34.2 Å². The molecule has 3 rings (SSSR count). The van der Waals surface area contributed by atoms with Crippen LogP contribution in [0.2, 0.25) is 0 Å². The van der Waals surface area contributed by atoms with Gasteiger partial charge in [-0.25, -0.2) is 9.78 Å². The first-order valence-electron chi connectivity index (χ1n) is 8.32. The first-order chi connectivity index (χ1) is 11.7. The lowest BCUT2D eigenvalue weighted by Crippen LogP contribution is -2.42. The molecule has 5 nitrogen and oxygen atoms in total. The highest BCUT2D eigenvalue weighted by Crippen LogP contribution is 2.35. The molecule has 2 amide bonds. The number of thiazole rings is 1. The number of urea groups is 1. The number of hydrogen-bond donors (Lipinski definition) is 2. The molecule has 0 bridgehead atoms. The van der Waals surface area contributed by atoms with Crippen molar-refractivity contribution in [2.24, 2.45) is 0 Å². The van der Waals surface area contributed by atoms with Gasteiger partial charge in [0, 0.05) is 18.0 Å². The van der Waals surface area contributed by atoms with E-state index in [1.54, 1.807) is 16.8 Å². The van der Waals surface area contributed by atoms with Crippen molar-refractivity contribution in [3.63, 3.8) is 0 Å². The number of rotatable bonds is 6. The molecule has 0 spiro atoms. The van der Waals surface area contributed by atoms with Gasteiger partial charge in [0.15, 0.2) is 0 Å². The Bertz CT molecular complexity index is 701. The molecule has 0 fully saturated rings. The third-order valence-corrected chi connectivity index (χ3v) is 5.48. The second-order valence-corrected chi connectivity index (χ2v) is 6.98. The Morgan fingerprint density at radius 1 is 1.46 bits per heavy atom. The maximum absolute atomic E-state index is 12.8. The Morgan fingerprint density at radius 3 is 3.04 bits per heavy atom. The summed E-state index contributed by atoms with van der Waals surface area (Å²) in [6.07, 6.45) is 2.53. The summed E-state index contributed by atoms with van der Waals surface area (Å²) in [7, 11) is 0. The van der Waals surface area contributed by atoms with Crippen LogP contribution in [0, 0.1) is 6.92 Å². The first kappa shape index (κ1) is 16.9. The van der Waals surface area contributed by atoms with Gasteiger partial charge in [-0.2, -0.15) is 0 Å². The number of nitrogens with one attached hydrogen (secondary N) is 1. The number of hydrogen-bond acceptors (Lipinski definition) is 4. The van der Waals surface area contributed by atoms with Gasteiger partial charge in [-0.05, 0) is 37.3 Å². The zero-order chi connectivity index (χ0) is 16.9. The SMILES string of the molecule is Cc1ncsc1CNC(=O)N(CCCO)[C@H]1CCc2ccccc21. The van der Waals surface area contributed by atoms with Gasteiger partial charge < -0.3 is 15.3 Å². The van der Waals surface area contributed by atoms with E-state index in [-0.39, 0.29) is 18.7 Å². The van der Waals surface area contributed by atoms with E-state index in [4.69, 9.17) is 0 Å². The molecule has 24 heavy (non-hydrogen) atoms. The summed E-state index contributed by atoms with van der Waals surface area (Å²) in [4.78, 5) is 19.9. The summed E-state index contributed by atoms with van der Waals surface area (Å²) in [6, 6.07) is 8.34. The van der Waals surface area contributed by atoms with Gasteiger partial charge in [-0.1, -0.05) is 24.3 Å². The van der Waals surface area contributed by atoms with Crippen molar-refractivity contribution < 1.29 is 9.90 Å². The smallest absolute Gasteiger partial charge is 0.318 e. The van der Waals surface area contributed by atoms with Crippen molar-refractivity contribution in [1.82, 2.24) is 15.2 Å². The average Bonchev–Trinajstić information content (AvgIpc) is 3.20. The number of amides is 2. The Labute approximate surface area is 146 Å². The Balaban J connectivity index is 1.72. The minimum absolute atomic E-state index is 0.0713. The molecule has 2 N–H and O–H groups in total. The molecular weight excluding hydrogens is 322 g/mol. The summed E-state index contributed by atoms with van der Waals surface area (Å²) in [5.74, 6) is 0. The van der Waals surface area contributed by atoms with Gasteiger partial charge in [-0.3, -0.25) is 0 Å². The standard InChI is InChI=1S/C18H23N3O2S/c1-13-17(24-12-20-13)11-19-18(23)21(9-4-10-22)16-8-7-14-5-2-3-6-15(14)16/h2-3,5-6,12,16,22H,4,7-11H2,1H3,(H,19,23)/t16-/m0/s1. The predicted molar refractivity (Wildman–Crippen MR) is 95.0 cm³/mol. The lowest BCUT2D eigenvalue weighted by atomic mass is 10.1. The molecule has 0 saturated heterocycles. The molecule has 1 aliphatic rings. The quantitative estimate of drug-likeness (QED) is 0.846. The number of carbonyl (C=O) groups is 1. The van der Waals surface area contributed by atoms with Gasteiger partial charge in [0.1, 0.15) is 0 Å². The van der Waals surface area contributed by atoms with Crippen LogP contribution in [0.4, 0.5) is 4.79 Å². The molecule has 6 heteroatoms. The maximum Gasteiger partial charge on any atom is 0.318 e. The molecule has 1 aromatic heterocycles. The summed E-state index contributed by atoms with van der Waals surface area (Å²) in [6.45, 7) is 3.10. The lowest BCUT2D eigenvalue weighted by molar-refractivity contribution is 0.164. The molecule has 0 aliphatic heterocycles. The van der Waals surface area contributed by atoms with Crippen LogP contribution in [0.1, 0.15) is 40.6 Å². The summed E-state index contributed by atoms with van der Waals surface area (Å²) < 4.78 is 0. The molecule has 0 unspecified atom stereocenters. The third kappa shape index (κ3) is 3.60. The van der Waals surface area contributed by atoms with E-state index >= 15 is 0 Å². The Hall–Kier alpha value is -1.92. The molecule has 2 aromatic rings. The number of aliphatic hydroxyl groups is 1. The van der Waals surface area contributed by atoms with E-state index in [1.165, 1.54) is 11.1 Å². The average molecular weight is 345 g/mol. The van der Waals surface area contributed by atoms with Crippen LogP contribution in [0.15, 0.2) is 29.8 Å². The number of aromatic nitrogens is 1. The van der Waals surface area contributed by atoms with Gasteiger partial charge in [0.25, 0.3) is 0 Å². The number of aryl methyl sites for hydroxylation is 2. The molecule has 1 aliphatic carbocycles. The zero-order valence-electron chi connectivity index (χ0n) is 13.9. The van der Waals surface area contributed by atoms with Crippen molar-refractivity contribution in [1.29, 1.82) is 0 Å². The molecule has 1 heterocycles. The third-order valence-electron chi connectivity index (χ3n) is 4.54. The van der Waals surface area contributed by atoms with Crippen LogP contribution in [0.5, 0.6) is 0 Å². The van der Waals surface area contributed by atoms with Crippen molar-refractivity contribution in [2.45, 2.75) is 38.8 Å². The number of carbonyl (C=O) groups excluding carboxylic acids is 1. The monoisotopic (exact) mass is 345 g/mol. The molecule has 1 atom stereocenters. The fourth-order valence-corrected chi connectivity index (χ4v) is 3.97. The molecular formula is C18H23N3O2S. The van der Waals surface area contributed by atoms with E-state index in [1.807, 2.05) is 24.0 Å². The number of aliphatic hydroxyl groups excluding tert-OH is 1. The highest BCUT2D eigenvalue weighted by atomic mass is 32.1. The normalized spacial score (nSPS) is 16.0. The van der Waals surface area contributed by atoms with Gasteiger partial charge in [-0.15, -0.1) is 11.3 Å². The van der Waals surface area contributed by atoms with E-state index < -0.39 is 0 Å². The molecule has 0 saturated carbocycles. The van der Waals surface area contributed by atoms with Crippen LogP contribution in [0.25, 0.3) is 0 Å². The second kappa shape index (κ2) is 7.77. The lowest BCUT2D eigenvalue weighted by Gasteiger charge is -2.30. The summed E-state index contributed by atoms with van der Waals surface area (Å²) in [5, 5.41) is 12.2. The van der Waals surface area contributed by atoms with Crippen LogP contribution >= 0.6 is 11.3 Å². The zero-order valence-corrected chi connectivity index (χ0v) is 14.7. The summed E-state index contributed by atoms with van der Waals surface area (Å²) in [5.41, 5.74) is 5.32. The van der Waals surface area contributed by atoms with E-state index in [0.717, 1.165) is 23.4 Å². The van der Waals surface area contributed by atoms with Gasteiger partial charge in [0.2, 0.25) is 0 Å². The van der Waals surface area contributed by atoms with Gasteiger partial charge in [0.05, 0.1) is 23.8 Å². The minimum atomic E-state index is -0.0713. The van der Waals surface area contributed by atoms with E-state index in [0.29, 0.717) is 19.5 Å². The number of fused-ring (bicyclic) bond motifs is 1. The molecule has 0 radical (unpaired) electrons. The molecule has 1 aromatic carbocycles. The van der Waals surface area contributed by atoms with Crippen molar-refractivity contribution in [2.75, 3.05) is 13.2 Å². The predicted octanol–water partition coefficient (Wildman–Crippen LogP) is 3.03. The van der Waals surface area contributed by atoms with Crippen molar-refractivity contribution in [3.05, 3.63) is 51.5 Å². The van der Waals surface area contributed by atoms with E-state index in [2.05, 4.69) is 22.4 Å². The highest BCUT2D eigenvalue weighted by Gasteiger charge is 2.30. The van der Waals surface area contributed by atoms with Gasteiger partial charge >= 0.3 is 6.03 Å². The molecule has 128 valence electrons. The van der Waals surface area contributed by atoms with Crippen molar-refractivity contribution >= 4 is 17.4 Å². The topological polar surface area (TPSA) is 65.5 Å². The number of nitrogens with zero attached hydrogens (tertiary/aromatic N) is 2. The largest absolute Gasteiger partial charge is 0.396 e. The van der Waals surface area contributed by atoms with Crippen molar-refractivity contribution in [3.8, 4) is 0 Å². The fraction of sp³-hybridized carbons (Fsp3) is 0.444. The second-order valence-electron chi connectivity index (χ2n) is 6.04. The van der Waals surface area contributed by atoms with Crippen LogP contribution in [-0.2, 0) is 13.0 Å². The minimum Gasteiger partial charge on any atom is -0.396 e. The maximum atomic E-state index is 12.8. The fourth-order valence-electron chi connectivity index (χ4n) is 3.25. The Morgan fingerprint density at radius 2 is 2.29 bits per heavy atom. The highest BCUT2D eigenvalue weighted by molar-refractivity contribution is 7.09. The first-order valence-corrected chi connectivity index (χ1v) is 9.20. The Kier molecular flexibility index (Phi) is 5.48. The van der Waals surface area contributed by atoms with Crippen LogP contribution < -0.4 is 5.32 Å². The summed E-state index contributed by atoms with van der Waals surface area (Å²) >= 11 is 1.56. The number of benzene rings is 1.